The molecule has 2 aliphatic heterocycles. The van der Waals surface area contributed by atoms with Crippen LogP contribution in [0.15, 0.2) is 30.4 Å². The minimum absolute atomic E-state index is 0.397. The van der Waals surface area contributed by atoms with Crippen molar-refractivity contribution in [3.63, 3.8) is 0 Å². The number of carbonyl (C=O) groups excluding carboxylic acids is 2. The predicted octanol–water partition coefficient (Wildman–Crippen LogP) is 0.906. The number of carboxylic acid groups (broad SMARTS) is 1. The van der Waals surface area contributed by atoms with Crippen LogP contribution in [0.3, 0.4) is 0 Å². The summed E-state index contributed by atoms with van der Waals surface area (Å²) in [7, 11) is 0. The molecule has 2 heterocycles. The molecule has 1 aromatic rings. The zero-order valence-corrected chi connectivity index (χ0v) is 12.0. The first kappa shape index (κ1) is 14.1. The summed E-state index contributed by atoms with van der Waals surface area (Å²) in [4.78, 5) is 23.7. The average Bonchev–Trinajstić information content (AvgIpc) is 3.03. The second kappa shape index (κ2) is 5.16. The topological polar surface area (TPSA) is 78.5 Å². The third-order valence-electron chi connectivity index (χ3n) is 3.93. The monoisotopic (exact) mass is 306 g/mol. The number of halogens is 1. The number of amides is 1. The fourth-order valence-electron chi connectivity index (χ4n) is 2.85. The quantitative estimate of drug-likeness (QED) is 0.842. The van der Waals surface area contributed by atoms with Crippen LogP contribution < -0.4 is 10.4 Å². The maximum atomic E-state index is 12.4. The van der Waals surface area contributed by atoms with E-state index in [0.29, 0.717) is 10.7 Å². The third-order valence-corrected chi connectivity index (χ3v) is 4.17. The van der Waals surface area contributed by atoms with Gasteiger partial charge in [-0.15, -0.1) is 0 Å². The Balaban J connectivity index is 1.83. The highest BCUT2D eigenvalue weighted by molar-refractivity contribution is 6.31. The average molecular weight is 307 g/mol. The summed E-state index contributed by atoms with van der Waals surface area (Å²) in [5.41, 5.74) is 1.41. The molecule has 0 spiro atoms. The van der Waals surface area contributed by atoms with Gasteiger partial charge in [0.25, 0.3) is 0 Å². The molecule has 0 aliphatic carbocycles. The molecule has 1 amide bonds. The molecular formula is C15H13ClNO4-. The minimum atomic E-state index is -1.27. The molecule has 0 unspecified atom stereocenters. The van der Waals surface area contributed by atoms with E-state index in [9.17, 15) is 14.7 Å². The molecule has 1 aromatic carbocycles. The maximum absolute atomic E-state index is 12.4. The number of carboxylic acids is 1. The van der Waals surface area contributed by atoms with Crippen molar-refractivity contribution in [2.45, 2.75) is 19.1 Å². The van der Waals surface area contributed by atoms with Crippen molar-refractivity contribution < 1.29 is 19.4 Å². The van der Waals surface area contributed by atoms with Gasteiger partial charge in [0.1, 0.15) is 0 Å². The van der Waals surface area contributed by atoms with Crippen LogP contribution in [-0.2, 0) is 14.3 Å². The second-order valence-corrected chi connectivity index (χ2v) is 5.71. The number of carbonyl (C=O) groups is 2. The van der Waals surface area contributed by atoms with Gasteiger partial charge >= 0.3 is 0 Å². The van der Waals surface area contributed by atoms with Crippen LogP contribution in [0.5, 0.6) is 0 Å². The Kier molecular flexibility index (Phi) is 3.47. The molecule has 1 saturated heterocycles. The largest absolute Gasteiger partial charge is 0.550 e. The standard InChI is InChI=1S/C15H14ClNO4/c1-7-2-3-8(16)6-9(7)17-14(18)12-10-4-5-11(21-10)13(12)15(19)20/h2-6,10-13H,1H3,(H,17,18)(H,19,20)/p-1/t10-,11+,12-,13+/m1/s1. The van der Waals surface area contributed by atoms with E-state index >= 15 is 0 Å². The molecule has 0 aromatic heterocycles. The number of rotatable bonds is 3. The van der Waals surface area contributed by atoms with E-state index in [0.717, 1.165) is 5.56 Å². The first-order chi connectivity index (χ1) is 9.97. The number of nitrogens with one attached hydrogen (secondary N) is 1. The minimum Gasteiger partial charge on any atom is -0.550 e. The molecule has 4 atom stereocenters. The Morgan fingerprint density at radius 1 is 1.24 bits per heavy atom. The smallest absolute Gasteiger partial charge is 0.231 e. The van der Waals surface area contributed by atoms with Crippen molar-refractivity contribution in [2.24, 2.45) is 11.8 Å². The normalized spacial score (nSPS) is 29.6. The van der Waals surface area contributed by atoms with Gasteiger partial charge in [-0.1, -0.05) is 29.8 Å². The van der Waals surface area contributed by atoms with Gasteiger partial charge in [0.15, 0.2) is 0 Å². The van der Waals surface area contributed by atoms with Gasteiger partial charge in [0.05, 0.1) is 18.1 Å². The highest BCUT2D eigenvalue weighted by atomic mass is 35.5. The fourth-order valence-corrected chi connectivity index (χ4v) is 3.02. The number of hydrogen-bond acceptors (Lipinski definition) is 4. The highest BCUT2D eigenvalue weighted by Gasteiger charge is 2.50. The van der Waals surface area contributed by atoms with E-state index in [1.54, 1.807) is 30.4 Å². The van der Waals surface area contributed by atoms with Crippen LogP contribution in [-0.4, -0.2) is 24.1 Å². The van der Waals surface area contributed by atoms with E-state index in [2.05, 4.69) is 5.32 Å². The molecule has 6 heteroatoms. The van der Waals surface area contributed by atoms with Gasteiger partial charge in [-0.3, -0.25) is 4.79 Å². The number of hydrogen-bond donors (Lipinski definition) is 1. The van der Waals surface area contributed by atoms with Crippen LogP contribution in [0.2, 0.25) is 5.02 Å². The number of ether oxygens (including phenoxy) is 1. The van der Waals surface area contributed by atoms with Crippen LogP contribution in [0.25, 0.3) is 0 Å². The molecule has 21 heavy (non-hydrogen) atoms. The molecule has 1 N–H and O–H groups in total. The molecule has 0 radical (unpaired) electrons. The Hall–Kier alpha value is -1.85. The summed E-state index contributed by atoms with van der Waals surface area (Å²) in [6.45, 7) is 1.83. The summed E-state index contributed by atoms with van der Waals surface area (Å²) >= 11 is 5.91. The van der Waals surface area contributed by atoms with Crippen molar-refractivity contribution >= 4 is 29.2 Å². The van der Waals surface area contributed by atoms with Crippen LogP contribution in [0, 0.1) is 18.8 Å². The summed E-state index contributed by atoms with van der Waals surface area (Å²) in [5.74, 6) is -3.41. The number of anilines is 1. The Labute approximate surface area is 126 Å². The van der Waals surface area contributed by atoms with Gasteiger partial charge < -0.3 is 20.0 Å². The second-order valence-electron chi connectivity index (χ2n) is 5.27. The summed E-state index contributed by atoms with van der Waals surface area (Å²) in [6.07, 6.45) is 2.28. The van der Waals surface area contributed by atoms with E-state index in [1.165, 1.54) is 0 Å². The fraction of sp³-hybridized carbons (Fsp3) is 0.333. The molecule has 0 saturated carbocycles. The Bertz CT molecular complexity index is 643. The lowest BCUT2D eigenvalue weighted by atomic mass is 9.82. The van der Waals surface area contributed by atoms with E-state index in [1.807, 2.05) is 6.92 Å². The molecular weight excluding hydrogens is 294 g/mol. The summed E-state index contributed by atoms with van der Waals surface area (Å²) in [6, 6.07) is 5.14. The molecule has 110 valence electrons. The number of benzene rings is 1. The lowest BCUT2D eigenvalue weighted by Gasteiger charge is -2.25. The van der Waals surface area contributed by atoms with E-state index < -0.39 is 35.9 Å². The van der Waals surface area contributed by atoms with E-state index in [-0.39, 0.29) is 0 Å². The highest BCUT2D eigenvalue weighted by Crippen LogP contribution is 2.39. The van der Waals surface area contributed by atoms with Gasteiger partial charge in [-0.2, -0.15) is 0 Å². The lowest BCUT2D eigenvalue weighted by Crippen LogP contribution is -2.45. The molecule has 1 fully saturated rings. The first-order valence-corrected chi connectivity index (χ1v) is 6.97. The van der Waals surface area contributed by atoms with Gasteiger partial charge in [-0.25, -0.2) is 0 Å². The predicted molar refractivity (Wildman–Crippen MR) is 74.6 cm³/mol. The van der Waals surface area contributed by atoms with Crippen molar-refractivity contribution in [2.75, 3.05) is 5.32 Å². The number of fused-ring (bicyclic) bond motifs is 2. The zero-order chi connectivity index (χ0) is 15.1. The zero-order valence-electron chi connectivity index (χ0n) is 11.2. The molecule has 2 bridgehead atoms. The molecule has 5 nitrogen and oxygen atoms in total. The number of aliphatic carboxylic acids is 1. The third kappa shape index (κ3) is 2.43. The maximum Gasteiger partial charge on any atom is 0.231 e. The van der Waals surface area contributed by atoms with Gasteiger partial charge in [0.2, 0.25) is 5.91 Å². The molecule has 2 aliphatic rings. The summed E-state index contributed by atoms with van der Waals surface area (Å²) in [5, 5.41) is 14.5. The first-order valence-electron chi connectivity index (χ1n) is 6.59. The van der Waals surface area contributed by atoms with E-state index in [4.69, 9.17) is 16.3 Å². The van der Waals surface area contributed by atoms with Gasteiger partial charge in [-0.05, 0) is 24.6 Å². The van der Waals surface area contributed by atoms with Crippen LogP contribution >= 0.6 is 11.6 Å². The van der Waals surface area contributed by atoms with Crippen LogP contribution in [0.4, 0.5) is 5.69 Å². The van der Waals surface area contributed by atoms with Crippen molar-refractivity contribution in [1.82, 2.24) is 0 Å². The van der Waals surface area contributed by atoms with Crippen LogP contribution in [0.1, 0.15) is 5.56 Å². The lowest BCUT2D eigenvalue weighted by molar-refractivity contribution is -0.313. The molecule has 3 rings (SSSR count). The Morgan fingerprint density at radius 3 is 2.57 bits per heavy atom. The van der Waals surface area contributed by atoms with Crippen molar-refractivity contribution in [3.05, 3.63) is 40.9 Å². The SMILES string of the molecule is Cc1ccc(Cl)cc1NC(=O)[C@H]1[C@@H](C(=O)[O-])[C@@H]2C=C[C@H]1O2. The number of aryl methyl sites for hydroxylation is 1. The summed E-state index contributed by atoms with van der Waals surface area (Å²) < 4.78 is 5.45. The van der Waals surface area contributed by atoms with Crippen molar-refractivity contribution in [1.29, 1.82) is 0 Å². The Morgan fingerprint density at radius 2 is 1.90 bits per heavy atom. The van der Waals surface area contributed by atoms with Gasteiger partial charge in [0, 0.05) is 22.6 Å². The van der Waals surface area contributed by atoms with Crippen molar-refractivity contribution in [3.8, 4) is 0 Å².